The highest BCUT2D eigenvalue weighted by Gasteiger charge is 2.20. The number of nitro groups is 1. The van der Waals surface area contributed by atoms with Gasteiger partial charge in [0, 0.05) is 16.3 Å². The lowest BCUT2D eigenvalue weighted by molar-refractivity contribution is -0.387. The molecule has 1 aromatic carbocycles. The molecule has 1 heterocycles. The standard InChI is InChI=1S/C11H13ClN2O2S/c12-8-1-2-11(10(7-8)14(15)16)17-9-3-5-13-6-4-9/h1-2,7,9,13H,3-6H2. The molecule has 1 N–H and O–H groups in total. The van der Waals surface area contributed by atoms with Crippen LogP contribution in [0, 0.1) is 10.1 Å². The molecular formula is C11H13ClN2O2S. The topological polar surface area (TPSA) is 55.2 Å². The Hall–Kier alpha value is -0.780. The minimum Gasteiger partial charge on any atom is -0.317 e. The van der Waals surface area contributed by atoms with Crippen molar-refractivity contribution in [2.75, 3.05) is 13.1 Å². The molecule has 1 aliphatic heterocycles. The van der Waals surface area contributed by atoms with Crippen LogP contribution in [0.5, 0.6) is 0 Å². The first-order chi connectivity index (χ1) is 8.16. The van der Waals surface area contributed by atoms with Crippen molar-refractivity contribution in [3.8, 4) is 0 Å². The van der Waals surface area contributed by atoms with E-state index in [2.05, 4.69) is 5.32 Å². The smallest absolute Gasteiger partial charge is 0.284 e. The Morgan fingerprint density at radius 2 is 2.12 bits per heavy atom. The molecule has 1 fully saturated rings. The molecule has 92 valence electrons. The molecule has 1 saturated heterocycles. The molecule has 4 nitrogen and oxygen atoms in total. The Balaban J connectivity index is 2.16. The normalized spacial score (nSPS) is 17.0. The number of benzene rings is 1. The van der Waals surface area contributed by atoms with E-state index in [9.17, 15) is 10.1 Å². The fourth-order valence-corrected chi connectivity index (χ4v) is 3.22. The predicted octanol–water partition coefficient (Wildman–Crippen LogP) is 3.09. The Labute approximate surface area is 109 Å². The fraction of sp³-hybridized carbons (Fsp3) is 0.455. The van der Waals surface area contributed by atoms with E-state index in [1.807, 2.05) is 0 Å². The highest BCUT2D eigenvalue weighted by molar-refractivity contribution is 8.00. The zero-order valence-electron chi connectivity index (χ0n) is 9.19. The van der Waals surface area contributed by atoms with Crippen molar-refractivity contribution in [3.63, 3.8) is 0 Å². The quantitative estimate of drug-likeness (QED) is 0.679. The molecule has 2 rings (SSSR count). The summed E-state index contributed by atoms with van der Waals surface area (Å²) in [5, 5.41) is 15.1. The summed E-state index contributed by atoms with van der Waals surface area (Å²) in [6, 6.07) is 4.87. The summed E-state index contributed by atoms with van der Waals surface area (Å²) in [5.41, 5.74) is 0.112. The largest absolute Gasteiger partial charge is 0.317 e. The van der Waals surface area contributed by atoms with Crippen molar-refractivity contribution >= 4 is 29.1 Å². The van der Waals surface area contributed by atoms with Crippen molar-refractivity contribution in [1.82, 2.24) is 5.32 Å². The van der Waals surface area contributed by atoms with Crippen LogP contribution in [0.1, 0.15) is 12.8 Å². The summed E-state index contributed by atoms with van der Waals surface area (Å²) >= 11 is 7.37. The second kappa shape index (κ2) is 5.71. The molecular weight excluding hydrogens is 260 g/mol. The molecule has 1 aromatic rings. The van der Waals surface area contributed by atoms with Gasteiger partial charge in [-0.3, -0.25) is 10.1 Å². The zero-order valence-corrected chi connectivity index (χ0v) is 10.8. The molecule has 17 heavy (non-hydrogen) atoms. The molecule has 6 heteroatoms. The second-order valence-electron chi connectivity index (χ2n) is 3.94. The van der Waals surface area contributed by atoms with Gasteiger partial charge in [0.25, 0.3) is 5.69 Å². The van der Waals surface area contributed by atoms with Crippen LogP contribution in [0.3, 0.4) is 0 Å². The molecule has 0 atom stereocenters. The molecule has 0 spiro atoms. The third kappa shape index (κ3) is 3.34. The minimum atomic E-state index is -0.366. The van der Waals surface area contributed by atoms with Crippen molar-refractivity contribution in [2.24, 2.45) is 0 Å². The first-order valence-corrected chi connectivity index (χ1v) is 6.74. The van der Waals surface area contributed by atoms with Gasteiger partial charge in [0.1, 0.15) is 0 Å². The first-order valence-electron chi connectivity index (χ1n) is 5.48. The van der Waals surface area contributed by atoms with Gasteiger partial charge in [-0.2, -0.15) is 0 Å². The van der Waals surface area contributed by atoms with Crippen LogP contribution in [0.15, 0.2) is 23.1 Å². The summed E-state index contributed by atoms with van der Waals surface area (Å²) in [6.45, 7) is 1.97. The maximum Gasteiger partial charge on any atom is 0.284 e. The summed E-state index contributed by atoms with van der Waals surface area (Å²) in [5.74, 6) is 0. The van der Waals surface area contributed by atoms with E-state index in [0.717, 1.165) is 25.9 Å². The van der Waals surface area contributed by atoms with Crippen molar-refractivity contribution in [1.29, 1.82) is 0 Å². The lowest BCUT2D eigenvalue weighted by Crippen LogP contribution is -2.29. The Morgan fingerprint density at radius 3 is 2.76 bits per heavy atom. The van der Waals surface area contributed by atoms with Crippen LogP contribution in [-0.4, -0.2) is 23.3 Å². The number of nitrogens with zero attached hydrogens (tertiary/aromatic N) is 1. The molecule has 0 aromatic heterocycles. The summed E-state index contributed by atoms with van der Waals surface area (Å²) in [4.78, 5) is 11.3. The van der Waals surface area contributed by atoms with Gasteiger partial charge in [-0.15, -0.1) is 11.8 Å². The van der Waals surface area contributed by atoms with Crippen molar-refractivity contribution < 1.29 is 4.92 Å². The number of halogens is 1. The Kier molecular flexibility index (Phi) is 4.25. The molecule has 0 bridgehead atoms. The van der Waals surface area contributed by atoms with Crippen molar-refractivity contribution in [2.45, 2.75) is 23.0 Å². The van der Waals surface area contributed by atoms with E-state index in [4.69, 9.17) is 11.6 Å². The molecule has 0 unspecified atom stereocenters. The van der Waals surface area contributed by atoms with E-state index < -0.39 is 0 Å². The van der Waals surface area contributed by atoms with Crippen LogP contribution in [-0.2, 0) is 0 Å². The average Bonchev–Trinajstić information content (AvgIpc) is 2.32. The van der Waals surface area contributed by atoms with Gasteiger partial charge >= 0.3 is 0 Å². The number of hydrogen-bond acceptors (Lipinski definition) is 4. The number of thioether (sulfide) groups is 1. The van der Waals surface area contributed by atoms with Gasteiger partial charge in [0.15, 0.2) is 0 Å². The van der Waals surface area contributed by atoms with Gasteiger partial charge in [0.05, 0.1) is 9.82 Å². The third-order valence-electron chi connectivity index (χ3n) is 2.70. The maximum atomic E-state index is 10.9. The third-order valence-corrected chi connectivity index (χ3v) is 4.34. The van der Waals surface area contributed by atoms with E-state index in [1.165, 1.54) is 6.07 Å². The van der Waals surface area contributed by atoms with E-state index >= 15 is 0 Å². The highest BCUT2D eigenvalue weighted by Crippen LogP contribution is 2.36. The van der Waals surface area contributed by atoms with Gasteiger partial charge in [-0.05, 0) is 38.1 Å². The SMILES string of the molecule is O=[N+]([O-])c1cc(Cl)ccc1SC1CCNCC1. The van der Waals surface area contributed by atoms with Crippen LogP contribution < -0.4 is 5.32 Å². The maximum absolute atomic E-state index is 10.9. The average molecular weight is 273 g/mol. The fourth-order valence-electron chi connectivity index (χ4n) is 1.83. The van der Waals surface area contributed by atoms with Gasteiger partial charge in [0.2, 0.25) is 0 Å². The first kappa shape index (κ1) is 12.7. The molecule has 0 aliphatic carbocycles. The van der Waals surface area contributed by atoms with Crippen LogP contribution in [0.25, 0.3) is 0 Å². The van der Waals surface area contributed by atoms with Crippen LogP contribution in [0.2, 0.25) is 5.02 Å². The molecule has 0 radical (unpaired) electrons. The monoisotopic (exact) mass is 272 g/mol. The minimum absolute atomic E-state index is 0.112. The van der Waals surface area contributed by atoms with Crippen LogP contribution >= 0.6 is 23.4 Å². The summed E-state index contributed by atoms with van der Waals surface area (Å²) in [7, 11) is 0. The summed E-state index contributed by atoms with van der Waals surface area (Å²) in [6.07, 6.45) is 2.09. The van der Waals surface area contributed by atoms with E-state index in [-0.39, 0.29) is 10.6 Å². The zero-order chi connectivity index (χ0) is 12.3. The lowest BCUT2D eigenvalue weighted by atomic mass is 10.2. The second-order valence-corrected chi connectivity index (χ2v) is 5.71. The van der Waals surface area contributed by atoms with E-state index in [1.54, 1.807) is 23.9 Å². The van der Waals surface area contributed by atoms with E-state index in [0.29, 0.717) is 15.2 Å². The predicted molar refractivity (Wildman–Crippen MR) is 69.9 cm³/mol. The van der Waals surface area contributed by atoms with Gasteiger partial charge in [-0.25, -0.2) is 0 Å². The van der Waals surface area contributed by atoms with Crippen LogP contribution in [0.4, 0.5) is 5.69 Å². The number of nitrogens with one attached hydrogen (secondary N) is 1. The number of hydrogen-bond donors (Lipinski definition) is 1. The number of rotatable bonds is 3. The number of piperidine rings is 1. The van der Waals surface area contributed by atoms with Gasteiger partial charge in [-0.1, -0.05) is 11.6 Å². The Morgan fingerprint density at radius 1 is 1.41 bits per heavy atom. The molecule has 1 aliphatic rings. The molecule has 0 amide bonds. The summed E-state index contributed by atoms with van der Waals surface area (Å²) < 4.78 is 0. The highest BCUT2D eigenvalue weighted by atomic mass is 35.5. The Bertz CT molecular complexity index is 422. The molecule has 0 saturated carbocycles. The van der Waals surface area contributed by atoms with Gasteiger partial charge < -0.3 is 5.32 Å². The lowest BCUT2D eigenvalue weighted by Gasteiger charge is -2.21. The van der Waals surface area contributed by atoms with Crippen molar-refractivity contribution in [3.05, 3.63) is 33.3 Å². The number of nitro benzene ring substituents is 1.